The van der Waals surface area contributed by atoms with Crippen molar-refractivity contribution in [3.63, 3.8) is 0 Å². The lowest BCUT2D eigenvalue weighted by Crippen LogP contribution is -2.50. The summed E-state index contributed by atoms with van der Waals surface area (Å²) in [7, 11) is -4.41. The number of amides is 1. The van der Waals surface area contributed by atoms with Crippen LogP contribution in [0.3, 0.4) is 0 Å². The van der Waals surface area contributed by atoms with Gasteiger partial charge in [-0.25, -0.2) is 0 Å². The largest absolute Gasteiger partial charge is 0.391 e. The summed E-state index contributed by atoms with van der Waals surface area (Å²) in [4.78, 5) is 12.6. The minimum Gasteiger partial charge on any atom is -0.391 e. The van der Waals surface area contributed by atoms with Crippen molar-refractivity contribution in [1.82, 2.24) is 5.32 Å². The predicted molar refractivity (Wildman–Crippen MR) is 195 cm³/mol. The molecule has 3 unspecified atom stereocenters. The number of hydrogen-bond acceptors (Lipinski definition) is 5. The molecule has 3 atom stereocenters. The fourth-order valence-electron chi connectivity index (χ4n) is 5.80. The Balaban J connectivity index is 4.06. The van der Waals surface area contributed by atoms with E-state index in [1.807, 2.05) is 0 Å². The van der Waals surface area contributed by atoms with Gasteiger partial charge in [0, 0.05) is 0 Å². The molecule has 0 saturated heterocycles. The van der Waals surface area contributed by atoms with Crippen molar-refractivity contribution in [2.24, 2.45) is 0 Å². The van der Waals surface area contributed by atoms with Gasteiger partial charge in [-0.3, -0.25) is 9.35 Å². The third kappa shape index (κ3) is 31.4. The molecule has 0 aromatic carbocycles. The van der Waals surface area contributed by atoms with Gasteiger partial charge in [0.15, 0.2) is 0 Å². The average Bonchev–Trinajstić information content (AvgIpc) is 3.01. The van der Waals surface area contributed by atoms with E-state index < -0.39 is 40.0 Å². The molecule has 46 heavy (non-hydrogen) atoms. The van der Waals surface area contributed by atoms with Gasteiger partial charge in [-0.2, -0.15) is 8.42 Å². The molecule has 8 heteroatoms. The van der Waals surface area contributed by atoms with Gasteiger partial charge in [-0.1, -0.05) is 173 Å². The highest BCUT2D eigenvalue weighted by atomic mass is 32.2. The minimum absolute atomic E-state index is 0.280. The standard InChI is InChI=1S/C38H73NO6S/c1-3-5-7-9-11-13-15-17-19-21-22-24-26-28-30-32-36(40)35(34-46(43,44)45)39-38(42)37(41)33-31-29-27-25-23-20-18-16-14-12-10-8-6-4-2/h12,14,16,18,35-37,40-41H,3-11,13,15,17,19-34H2,1-2H3,(H,39,42)(H,43,44,45)/b14-12-,18-16-. The van der Waals surface area contributed by atoms with Crippen molar-refractivity contribution in [3.05, 3.63) is 24.3 Å². The molecule has 0 bridgehead atoms. The summed E-state index contributed by atoms with van der Waals surface area (Å²) < 4.78 is 32.5. The highest BCUT2D eigenvalue weighted by Crippen LogP contribution is 2.16. The number of nitrogens with one attached hydrogen (secondary N) is 1. The fraction of sp³-hybridized carbons (Fsp3) is 0.868. The van der Waals surface area contributed by atoms with Gasteiger partial charge >= 0.3 is 0 Å². The van der Waals surface area contributed by atoms with Gasteiger partial charge in [0.25, 0.3) is 10.1 Å². The Morgan fingerprint density at radius 2 is 0.957 bits per heavy atom. The molecule has 0 saturated carbocycles. The molecule has 0 aliphatic rings. The van der Waals surface area contributed by atoms with E-state index in [4.69, 9.17) is 0 Å². The minimum atomic E-state index is -4.41. The molecular weight excluding hydrogens is 598 g/mol. The van der Waals surface area contributed by atoms with Crippen LogP contribution in [0.4, 0.5) is 0 Å². The molecule has 1 amide bonds. The number of unbranched alkanes of at least 4 members (excludes halogenated alkanes) is 22. The third-order valence-corrected chi connectivity index (χ3v) is 9.57. The zero-order valence-electron chi connectivity index (χ0n) is 29.8. The molecule has 0 heterocycles. The van der Waals surface area contributed by atoms with E-state index in [1.165, 1.54) is 89.9 Å². The van der Waals surface area contributed by atoms with Crippen molar-refractivity contribution >= 4 is 16.0 Å². The van der Waals surface area contributed by atoms with Crippen LogP contribution >= 0.6 is 0 Å². The highest BCUT2D eigenvalue weighted by Gasteiger charge is 2.28. The summed E-state index contributed by atoms with van der Waals surface area (Å²) in [5, 5.41) is 23.5. The van der Waals surface area contributed by atoms with Crippen LogP contribution in [0.2, 0.25) is 0 Å². The smallest absolute Gasteiger partial charge is 0.266 e. The normalized spacial score (nSPS) is 14.3. The molecule has 0 rings (SSSR count). The molecule has 272 valence electrons. The Morgan fingerprint density at radius 1 is 0.587 bits per heavy atom. The molecule has 7 nitrogen and oxygen atoms in total. The second kappa shape index (κ2) is 32.3. The zero-order valence-corrected chi connectivity index (χ0v) is 30.6. The van der Waals surface area contributed by atoms with Crippen LogP contribution in [-0.2, 0) is 14.9 Å². The van der Waals surface area contributed by atoms with Crippen molar-refractivity contribution < 1.29 is 28.0 Å². The number of carbonyl (C=O) groups is 1. The van der Waals surface area contributed by atoms with Crippen molar-refractivity contribution in [3.8, 4) is 0 Å². The summed E-state index contributed by atoms with van der Waals surface area (Å²) in [5.74, 6) is -1.47. The maximum Gasteiger partial charge on any atom is 0.266 e. The second-order valence-electron chi connectivity index (χ2n) is 13.4. The summed E-state index contributed by atoms with van der Waals surface area (Å²) in [6.45, 7) is 4.46. The molecule has 0 radical (unpaired) electrons. The van der Waals surface area contributed by atoms with Crippen LogP contribution < -0.4 is 5.32 Å². The second-order valence-corrected chi connectivity index (χ2v) is 14.9. The molecule has 0 aromatic heterocycles. The van der Waals surface area contributed by atoms with Crippen LogP contribution in [0.1, 0.15) is 187 Å². The molecule has 0 aromatic rings. The van der Waals surface area contributed by atoms with Crippen LogP contribution in [0, 0.1) is 0 Å². The molecular formula is C38H73NO6S. The average molecular weight is 672 g/mol. The Morgan fingerprint density at radius 3 is 1.41 bits per heavy atom. The van der Waals surface area contributed by atoms with Crippen LogP contribution in [0.5, 0.6) is 0 Å². The number of aliphatic hydroxyl groups excluding tert-OH is 2. The van der Waals surface area contributed by atoms with E-state index in [1.54, 1.807) is 0 Å². The van der Waals surface area contributed by atoms with Gasteiger partial charge in [0.2, 0.25) is 5.91 Å². The Kier molecular flexibility index (Phi) is 31.5. The van der Waals surface area contributed by atoms with Gasteiger partial charge in [0.05, 0.1) is 17.9 Å². The maximum atomic E-state index is 12.6. The number of aliphatic hydroxyl groups is 2. The van der Waals surface area contributed by atoms with Crippen LogP contribution in [0.15, 0.2) is 24.3 Å². The molecule has 0 spiro atoms. The van der Waals surface area contributed by atoms with Crippen molar-refractivity contribution in [2.45, 2.75) is 205 Å². The number of hydrogen-bond donors (Lipinski definition) is 4. The first kappa shape index (κ1) is 44.8. The summed E-state index contributed by atoms with van der Waals surface area (Å²) >= 11 is 0. The lowest BCUT2D eigenvalue weighted by Gasteiger charge is -2.24. The van der Waals surface area contributed by atoms with Crippen molar-refractivity contribution in [2.75, 3.05) is 5.75 Å². The van der Waals surface area contributed by atoms with Crippen LogP contribution in [-0.4, -0.2) is 53.1 Å². The van der Waals surface area contributed by atoms with E-state index in [0.29, 0.717) is 19.3 Å². The first-order valence-electron chi connectivity index (χ1n) is 19.1. The summed E-state index contributed by atoms with van der Waals surface area (Å²) in [5.41, 5.74) is 0. The molecule has 0 fully saturated rings. The SMILES string of the molecule is CCCCC/C=C\C=C/CCCCCCCC(O)C(=O)NC(CS(=O)(=O)O)C(O)CCCCCCCCCCCCCCCCC. The van der Waals surface area contributed by atoms with E-state index >= 15 is 0 Å². The van der Waals surface area contributed by atoms with Gasteiger partial charge in [-0.05, 0) is 38.5 Å². The van der Waals surface area contributed by atoms with E-state index in [2.05, 4.69) is 43.5 Å². The molecule has 4 N–H and O–H groups in total. The Bertz CT molecular complexity index is 844. The Hall–Kier alpha value is -1.22. The fourth-order valence-corrected chi connectivity index (χ4v) is 6.56. The zero-order chi connectivity index (χ0) is 34.1. The number of allylic oxidation sites excluding steroid dienone is 4. The van der Waals surface area contributed by atoms with E-state index in [0.717, 1.165) is 57.8 Å². The Labute approximate surface area is 284 Å². The predicted octanol–water partition coefficient (Wildman–Crippen LogP) is 9.77. The maximum absolute atomic E-state index is 12.6. The van der Waals surface area contributed by atoms with Crippen molar-refractivity contribution in [1.29, 1.82) is 0 Å². The lowest BCUT2D eigenvalue weighted by atomic mass is 10.0. The monoisotopic (exact) mass is 672 g/mol. The first-order valence-corrected chi connectivity index (χ1v) is 20.8. The van der Waals surface area contributed by atoms with Gasteiger partial charge in [0.1, 0.15) is 6.10 Å². The quantitative estimate of drug-likeness (QED) is 0.0307. The van der Waals surface area contributed by atoms with Gasteiger partial charge < -0.3 is 15.5 Å². The van der Waals surface area contributed by atoms with Crippen LogP contribution in [0.25, 0.3) is 0 Å². The first-order chi connectivity index (χ1) is 22.2. The number of carbonyl (C=O) groups excluding carboxylic acids is 1. The van der Waals surface area contributed by atoms with E-state index in [9.17, 15) is 28.0 Å². The highest BCUT2D eigenvalue weighted by molar-refractivity contribution is 7.85. The number of rotatable bonds is 34. The third-order valence-electron chi connectivity index (χ3n) is 8.79. The summed E-state index contributed by atoms with van der Waals surface area (Å²) in [6, 6.07) is -1.15. The molecule has 0 aliphatic heterocycles. The van der Waals surface area contributed by atoms with E-state index in [-0.39, 0.29) is 6.42 Å². The van der Waals surface area contributed by atoms with Gasteiger partial charge in [-0.15, -0.1) is 0 Å². The summed E-state index contributed by atoms with van der Waals surface area (Å²) in [6.07, 6.45) is 36.1. The molecule has 0 aliphatic carbocycles. The topological polar surface area (TPSA) is 124 Å². The lowest BCUT2D eigenvalue weighted by molar-refractivity contribution is -0.131.